The van der Waals surface area contributed by atoms with Gasteiger partial charge in [-0.2, -0.15) is 0 Å². The van der Waals surface area contributed by atoms with Gasteiger partial charge in [-0.1, -0.05) is 24.3 Å². The topological polar surface area (TPSA) is 111 Å². The molecule has 8 nitrogen and oxygen atoms in total. The van der Waals surface area contributed by atoms with Crippen LogP contribution in [-0.4, -0.2) is 46.3 Å². The molecule has 0 spiro atoms. The predicted molar refractivity (Wildman–Crippen MR) is 146 cm³/mol. The highest BCUT2D eigenvalue weighted by molar-refractivity contribution is 5.87. The molecule has 2 aromatic carbocycles. The Kier molecular flexibility index (Phi) is 7.86. The smallest absolute Gasteiger partial charge is 0.146 e. The first kappa shape index (κ1) is 25.3. The van der Waals surface area contributed by atoms with Crippen LogP contribution < -0.4 is 15.8 Å². The molecule has 0 saturated heterocycles. The van der Waals surface area contributed by atoms with E-state index in [1.807, 2.05) is 49.4 Å². The van der Waals surface area contributed by atoms with E-state index in [0.717, 1.165) is 39.2 Å². The first-order chi connectivity index (χ1) is 18.6. The van der Waals surface area contributed by atoms with Gasteiger partial charge < -0.3 is 25.5 Å². The van der Waals surface area contributed by atoms with Gasteiger partial charge in [-0.05, 0) is 49.4 Å². The lowest BCUT2D eigenvalue weighted by Gasteiger charge is -2.09. The fourth-order valence-corrected chi connectivity index (χ4v) is 4.11. The summed E-state index contributed by atoms with van der Waals surface area (Å²) in [6, 6.07) is 20.4. The number of nitrogens with zero attached hydrogens (tertiary/aromatic N) is 3. The Bertz CT molecular complexity index is 1540. The number of imidazole rings is 1. The highest BCUT2D eigenvalue weighted by Crippen LogP contribution is 2.32. The summed E-state index contributed by atoms with van der Waals surface area (Å²) in [5.74, 6) is 1.01. The fourth-order valence-electron chi connectivity index (χ4n) is 4.11. The molecule has 0 radical (unpaired) electrons. The molecule has 0 atom stereocenters. The van der Waals surface area contributed by atoms with Crippen LogP contribution >= 0.6 is 0 Å². The number of aromatic amines is 1. The van der Waals surface area contributed by atoms with Gasteiger partial charge in [0.05, 0.1) is 48.5 Å². The highest BCUT2D eigenvalue weighted by atomic mass is 19.1. The molecule has 3 heterocycles. The molecule has 0 unspecified atom stereocenters. The summed E-state index contributed by atoms with van der Waals surface area (Å²) in [7, 11) is 0. The van der Waals surface area contributed by atoms with Crippen molar-refractivity contribution in [3.63, 3.8) is 0 Å². The zero-order valence-corrected chi connectivity index (χ0v) is 21.1. The molecule has 194 valence electrons. The average molecular weight is 513 g/mol. The second kappa shape index (κ2) is 11.8. The van der Waals surface area contributed by atoms with Crippen LogP contribution in [0.3, 0.4) is 0 Å². The van der Waals surface area contributed by atoms with E-state index in [-0.39, 0.29) is 5.82 Å². The number of hydrogen-bond donors (Lipinski definition) is 3. The van der Waals surface area contributed by atoms with E-state index in [2.05, 4.69) is 15.3 Å². The van der Waals surface area contributed by atoms with Gasteiger partial charge in [0, 0.05) is 23.2 Å². The molecule has 5 rings (SSSR count). The van der Waals surface area contributed by atoms with Crippen molar-refractivity contribution in [3.05, 3.63) is 90.3 Å². The van der Waals surface area contributed by atoms with Crippen molar-refractivity contribution in [1.29, 1.82) is 0 Å². The van der Waals surface area contributed by atoms with Gasteiger partial charge in [0.1, 0.15) is 29.7 Å². The van der Waals surface area contributed by atoms with Gasteiger partial charge >= 0.3 is 0 Å². The Morgan fingerprint density at radius 3 is 2.71 bits per heavy atom. The maximum Gasteiger partial charge on any atom is 0.146 e. The number of nitrogens with two attached hydrogens (primary N) is 1. The number of hydrogen-bond acceptors (Lipinski definition) is 7. The Morgan fingerprint density at radius 1 is 0.974 bits per heavy atom. The van der Waals surface area contributed by atoms with Crippen molar-refractivity contribution >= 4 is 16.6 Å². The van der Waals surface area contributed by atoms with Crippen molar-refractivity contribution < 1.29 is 13.9 Å². The molecule has 0 aliphatic carbocycles. The molecule has 38 heavy (non-hydrogen) atoms. The highest BCUT2D eigenvalue weighted by Gasteiger charge is 2.16. The van der Waals surface area contributed by atoms with E-state index in [9.17, 15) is 4.39 Å². The summed E-state index contributed by atoms with van der Waals surface area (Å²) in [5.41, 5.74) is 10.8. The standard InChI is InChI=1S/C29H29FN6O2/c1-19-5-4-8-26(34-19)29-28(35-27(36-29)18-33-25-7-3-2-6-23(25)30)20-9-10-24-21(15-20)16-22(17-32-24)38-14-13-37-12-11-31/h2-10,15-17,33H,11-14,18,31H2,1H3,(H,35,36). The Labute approximate surface area is 220 Å². The first-order valence-electron chi connectivity index (χ1n) is 12.4. The zero-order valence-electron chi connectivity index (χ0n) is 21.1. The lowest BCUT2D eigenvalue weighted by molar-refractivity contribution is 0.106. The Hall–Kier alpha value is -4.34. The molecule has 0 aliphatic heterocycles. The summed E-state index contributed by atoms with van der Waals surface area (Å²) >= 11 is 0. The van der Waals surface area contributed by atoms with Crippen LogP contribution in [0, 0.1) is 12.7 Å². The maximum atomic E-state index is 14.1. The van der Waals surface area contributed by atoms with Crippen molar-refractivity contribution in [2.24, 2.45) is 5.73 Å². The number of rotatable bonds is 11. The summed E-state index contributed by atoms with van der Waals surface area (Å²) in [6.45, 7) is 4.12. The number of pyridine rings is 2. The maximum absolute atomic E-state index is 14.1. The Morgan fingerprint density at radius 2 is 1.87 bits per heavy atom. The number of aryl methyl sites for hydroxylation is 1. The van der Waals surface area contributed by atoms with Gasteiger partial charge in [0.2, 0.25) is 0 Å². The lowest BCUT2D eigenvalue weighted by atomic mass is 10.1. The van der Waals surface area contributed by atoms with Gasteiger partial charge in [-0.25, -0.2) is 9.37 Å². The minimum absolute atomic E-state index is 0.314. The number of H-pyrrole nitrogens is 1. The van der Waals surface area contributed by atoms with Crippen molar-refractivity contribution in [3.8, 4) is 28.4 Å². The van der Waals surface area contributed by atoms with Crippen LogP contribution in [0.15, 0.2) is 72.9 Å². The van der Waals surface area contributed by atoms with Crippen LogP contribution in [0.25, 0.3) is 33.5 Å². The number of benzene rings is 2. The molecule has 9 heteroatoms. The number of para-hydroxylation sites is 1. The molecule has 5 aromatic rings. The SMILES string of the molecule is Cc1cccc(-c2nc(CNc3ccccc3F)[nH]c2-c2ccc3ncc(OCCOCCN)cc3c2)n1. The second-order valence-corrected chi connectivity index (χ2v) is 8.73. The number of halogens is 1. The molecular formula is C29H29FN6O2. The first-order valence-corrected chi connectivity index (χ1v) is 12.4. The van der Waals surface area contributed by atoms with Crippen molar-refractivity contribution in [2.45, 2.75) is 13.5 Å². The molecule has 0 saturated carbocycles. The van der Waals surface area contributed by atoms with Crippen LogP contribution in [0.4, 0.5) is 10.1 Å². The minimum Gasteiger partial charge on any atom is -0.490 e. The van der Waals surface area contributed by atoms with Crippen LogP contribution in [-0.2, 0) is 11.3 Å². The van der Waals surface area contributed by atoms with E-state index in [1.165, 1.54) is 6.07 Å². The normalized spacial score (nSPS) is 11.1. The number of nitrogens with one attached hydrogen (secondary N) is 2. The van der Waals surface area contributed by atoms with Crippen LogP contribution in [0.5, 0.6) is 5.75 Å². The third kappa shape index (κ3) is 5.96. The molecule has 0 fully saturated rings. The molecule has 4 N–H and O–H groups in total. The van der Waals surface area contributed by atoms with Gasteiger partial charge in [-0.3, -0.25) is 9.97 Å². The summed E-state index contributed by atoms with van der Waals surface area (Å²) < 4.78 is 25.3. The molecule has 0 aliphatic rings. The average Bonchev–Trinajstić information content (AvgIpc) is 3.36. The van der Waals surface area contributed by atoms with E-state index in [4.69, 9.17) is 25.2 Å². The number of ether oxygens (including phenoxy) is 2. The minimum atomic E-state index is -0.314. The molecule has 0 bridgehead atoms. The second-order valence-electron chi connectivity index (χ2n) is 8.73. The quantitative estimate of drug-likeness (QED) is 0.211. The predicted octanol–water partition coefficient (Wildman–Crippen LogP) is 5.10. The van der Waals surface area contributed by atoms with E-state index in [0.29, 0.717) is 50.2 Å². The van der Waals surface area contributed by atoms with Crippen molar-refractivity contribution in [2.75, 3.05) is 31.7 Å². The largest absolute Gasteiger partial charge is 0.490 e. The third-order valence-corrected chi connectivity index (χ3v) is 5.91. The monoisotopic (exact) mass is 512 g/mol. The molecular weight excluding hydrogens is 483 g/mol. The van der Waals surface area contributed by atoms with Gasteiger partial charge in [-0.15, -0.1) is 0 Å². The molecule has 0 amide bonds. The lowest BCUT2D eigenvalue weighted by Crippen LogP contribution is -2.13. The van der Waals surface area contributed by atoms with Crippen molar-refractivity contribution in [1.82, 2.24) is 19.9 Å². The van der Waals surface area contributed by atoms with E-state index >= 15 is 0 Å². The third-order valence-electron chi connectivity index (χ3n) is 5.91. The molecule has 3 aromatic heterocycles. The van der Waals surface area contributed by atoms with Crippen LogP contribution in [0.2, 0.25) is 0 Å². The summed E-state index contributed by atoms with van der Waals surface area (Å²) in [6.07, 6.45) is 1.70. The number of aromatic nitrogens is 4. The Balaban J connectivity index is 1.46. The number of fused-ring (bicyclic) bond motifs is 1. The summed E-state index contributed by atoms with van der Waals surface area (Å²) in [4.78, 5) is 17.5. The summed E-state index contributed by atoms with van der Waals surface area (Å²) in [5, 5.41) is 4.04. The van der Waals surface area contributed by atoms with Gasteiger partial charge in [0.25, 0.3) is 0 Å². The van der Waals surface area contributed by atoms with E-state index in [1.54, 1.807) is 24.4 Å². The van der Waals surface area contributed by atoms with E-state index < -0.39 is 0 Å². The number of anilines is 1. The van der Waals surface area contributed by atoms with Crippen LogP contribution in [0.1, 0.15) is 11.5 Å². The van der Waals surface area contributed by atoms with Gasteiger partial charge in [0.15, 0.2) is 0 Å². The fraction of sp³-hybridized carbons (Fsp3) is 0.207. The zero-order chi connectivity index (χ0) is 26.3.